The number of nitrogens with zero attached hydrogens (tertiary/aromatic N) is 1. The SMILES string of the molecule is COc1ccc(S(=O)(=O)N(C)c2cccc(C)c2C)cc1Br. The summed E-state index contributed by atoms with van der Waals surface area (Å²) in [6, 6.07) is 10.3. The summed E-state index contributed by atoms with van der Waals surface area (Å²) in [6.45, 7) is 3.88. The van der Waals surface area contributed by atoms with Gasteiger partial charge in [0.25, 0.3) is 10.0 Å². The fraction of sp³-hybridized carbons (Fsp3) is 0.250. The smallest absolute Gasteiger partial charge is 0.264 e. The summed E-state index contributed by atoms with van der Waals surface area (Å²) in [5, 5.41) is 0. The second kappa shape index (κ2) is 6.30. The molecular formula is C16H18BrNO3S. The molecule has 118 valence electrons. The van der Waals surface area contributed by atoms with Gasteiger partial charge < -0.3 is 4.74 Å². The number of halogens is 1. The number of sulfonamides is 1. The van der Waals surface area contributed by atoms with Gasteiger partial charge in [0.1, 0.15) is 5.75 Å². The van der Waals surface area contributed by atoms with Crippen LogP contribution in [-0.4, -0.2) is 22.6 Å². The van der Waals surface area contributed by atoms with Crippen LogP contribution in [0.5, 0.6) is 5.75 Å². The van der Waals surface area contributed by atoms with Gasteiger partial charge in [-0.2, -0.15) is 0 Å². The normalized spacial score (nSPS) is 11.3. The summed E-state index contributed by atoms with van der Waals surface area (Å²) in [5.41, 5.74) is 2.67. The Bertz CT molecular complexity index is 803. The third kappa shape index (κ3) is 2.98. The minimum atomic E-state index is -3.63. The largest absolute Gasteiger partial charge is 0.496 e. The topological polar surface area (TPSA) is 46.6 Å². The molecular weight excluding hydrogens is 366 g/mol. The second-order valence-electron chi connectivity index (χ2n) is 4.99. The Hall–Kier alpha value is -1.53. The van der Waals surface area contributed by atoms with Crippen LogP contribution in [0.15, 0.2) is 45.8 Å². The van der Waals surface area contributed by atoms with Gasteiger partial charge >= 0.3 is 0 Å². The van der Waals surface area contributed by atoms with Gasteiger partial charge in [0, 0.05) is 7.05 Å². The summed E-state index contributed by atoms with van der Waals surface area (Å²) < 4.78 is 32.7. The first-order valence-corrected chi connectivity index (χ1v) is 8.91. The zero-order valence-corrected chi connectivity index (χ0v) is 15.3. The highest BCUT2D eigenvalue weighted by Crippen LogP contribution is 2.31. The van der Waals surface area contributed by atoms with Crippen LogP contribution in [-0.2, 0) is 10.0 Å². The van der Waals surface area contributed by atoms with Gasteiger partial charge in [0.2, 0.25) is 0 Å². The van der Waals surface area contributed by atoms with Crippen molar-refractivity contribution in [1.82, 2.24) is 0 Å². The Labute approximate surface area is 139 Å². The highest BCUT2D eigenvalue weighted by Gasteiger charge is 2.23. The number of aryl methyl sites for hydroxylation is 1. The van der Waals surface area contributed by atoms with Crippen LogP contribution >= 0.6 is 15.9 Å². The molecule has 0 heterocycles. The molecule has 0 saturated carbocycles. The minimum Gasteiger partial charge on any atom is -0.496 e. The quantitative estimate of drug-likeness (QED) is 0.803. The van der Waals surface area contributed by atoms with Crippen LogP contribution in [0, 0.1) is 13.8 Å². The van der Waals surface area contributed by atoms with Crippen LogP contribution in [0.2, 0.25) is 0 Å². The highest BCUT2D eigenvalue weighted by atomic mass is 79.9. The predicted octanol–water partition coefficient (Wildman–Crippen LogP) is 3.90. The van der Waals surface area contributed by atoms with Crippen LogP contribution in [0.4, 0.5) is 5.69 Å². The van der Waals surface area contributed by atoms with E-state index in [0.29, 0.717) is 15.9 Å². The zero-order valence-electron chi connectivity index (χ0n) is 12.9. The van der Waals surface area contributed by atoms with E-state index in [4.69, 9.17) is 4.74 Å². The number of ether oxygens (including phenoxy) is 1. The molecule has 0 aromatic heterocycles. The van der Waals surface area contributed by atoms with E-state index in [1.807, 2.05) is 26.0 Å². The molecule has 2 rings (SSSR count). The Balaban J connectivity index is 2.50. The van der Waals surface area contributed by atoms with E-state index in [9.17, 15) is 8.42 Å². The zero-order chi connectivity index (χ0) is 16.5. The average molecular weight is 384 g/mol. The van der Waals surface area contributed by atoms with Gasteiger partial charge in [-0.1, -0.05) is 12.1 Å². The molecule has 0 radical (unpaired) electrons. The van der Waals surface area contributed by atoms with E-state index in [0.717, 1.165) is 11.1 Å². The van der Waals surface area contributed by atoms with Gasteiger partial charge in [-0.25, -0.2) is 8.42 Å². The predicted molar refractivity (Wildman–Crippen MR) is 92.2 cm³/mol. The van der Waals surface area contributed by atoms with Crippen molar-refractivity contribution in [2.24, 2.45) is 0 Å². The second-order valence-corrected chi connectivity index (χ2v) is 7.81. The lowest BCUT2D eigenvalue weighted by atomic mass is 10.1. The Morgan fingerprint density at radius 1 is 1.14 bits per heavy atom. The molecule has 0 aliphatic rings. The molecule has 22 heavy (non-hydrogen) atoms. The van der Waals surface area contributed by atoms with Crippen LogP contribution in [0.25, 0.3) is 0 Å². The third-order valence-corrected chi connectivity index (χ3v) is 6.08. The molecule has 2 aromatic rings. The first kappa shape index (κ1) is 16.8. The van der Waals surface area contributed by atoms with Crippen LogP contribution < -0.4 is 9.04 Å². The summed E-state index contributed by atoms with van der Waals surface area (Å²) in [7, 11) is -0.528. The lowest BCUT2D eigenvalue weighted by molar-refractivity contribution is 0.411. The van der Waals surface area contributed by atoms with Crippen LogP contribution in [0.3, 0.4) is 0 Å². The van der Waals surface area contributed by atoms with Crippen molar-refractivity contribution in [1.29, 1.82) is 0 Å². The van der Waals surface area contributed by atoms with Crippen molar-refractivity contribution in [3.05, 3.63) is 52.0 Å². The molecule has 0 unspecified atom stereocenters. The summed E-state index contributed by atoms with van der Waals surface area (Å²) in [6.07, 6.45) is 0. The molecule has 0 aliphatic heterocycles. The van der Waals surface area contributed by atoms with E-state index in [1.165, 1.54) is 11.4 Å². The maximum absolute atomic E-state index is 12.8. The van der Waals surface area contributed by atoms with Gasteiger partial charge in [0.05, 0.1) is 22.2 Å². The maximum atomic E-state index is 12.8. The Morgan fingerprint density at radius 3 is 2.41 bits per heavy atom. The monoisotopic (exact) mass is 383 g/mol. The molecule has 6 heteroatoms. The van der Waals surface area contributed by atoms with Crippen molar-refractivity contribution in [3.8, 4) is 5.75 Å². The average Bonchev–Trinajstić information content (AvgIpc) is 2.49. The molecule has 2 aromatic carbocycles. The molecule has 0 atom stereocenters. The summed E-state index contributed by atoms with van der Waals surface area (Å²) in [5.74, 6) is 0.591. The van der Waals surface area contributed by atoms with Gasteiger partial charge in [-0.3, -0.25) is 4.31 Å². The minimum absolute atomic E-state index is 0.212. The van der Waals surface area contributed by atoms with E-state index in [1.54, 1.807) is 31.3 Å². The number of benzene rings is 2. The first-order chi connectivity index (χ1) is 10.3. The number of anilines is 1. The van der Waals surface area contributed by atoms with Crippen LogP contribution in [0.1, 0.15) is 11.1 Å². The van der Waals surface area contributed by atoms with Crippen molar-refractivity contribution in [2.45, 2.75) is 18.7 Å². The van der Waals surface area contributed by atoms with Crippen molar-refractivity contribution < 1.29 is 13.2 Å². The van der Waals surface area contributed by atoms with Gasteiger partial charge in [0.15, 0.2) is 0 Å². The third-order valence-electron chi connectivity index (χ3n) is 3.70. The van der Waals surface area contributed by atoms with E-state index >= 15 is 0 Å². The first-order valence-electron chi connectivity index (χ1n) is 6.67. The Morgan fingerprint density at radius 2 is 1.82 bits per heavy atom. The van der Waals surface area contributed by atoms with E-state index < -0.39 is 10.0 Å². The lowest BCUT2D eigenvalue weighted by Crippen LogP contribution is -2.27. The molecule has 0 amide bonds. The number of hydrogen-bond donors (Lipinski definition) is 0. The number of rotatable bonds is 4. The number of methoxy groups -OCH3 is 1. The molecule has 0 spiro atoms. The standard InChI is InChI=1S/C16H18BrNO3S/c1-11-6-5-7-15(12(11)2)18(3)22(19,20)13-8-9-16(21-4)14(17)10-13/h5-10H,1-4H3. The highest BCUT2D eigenvalue weighted by molar-refractivity contribution is 9.10. The molecule has 0 saturated heterocycles. The maximum Gasteiger partial charge on any atom is 0.264 e. The van der Waals surface area contributed by atoms with E-state index in [2.05, 4.69) is 15.9 Å². The Kier molecular flexibility index (Phi) is 4.82. The van der Waals surface area contributed by atoms with Gasteiger partial charge in [-0.15, -0.1) is 0 Å². The molecule has 0 N–H and O–H groups in total. The van der Waals surface area contributed by atoms with Crippen molar-refractivity contribution >= 4 is 31.6 Å². The fourth-order valence-corrected chi connectivity index (χ4v) is 4.14. The summed E-state index contributed by atoms with van der Waals surface area (Å²) in [4.78, 5) is 0.212. The summed E-state index contributed by atoms with van der Waals surface area (Å²) >= 11 is 3.32. The van der Waals surface area contributed by atoms with E-state index in [-0.39, 0.29) is 4.90 Å². The number of hydrogen-bond acceptors (Lipinski definition) is 3. The molecule has 0 bridgehead atoms. The molecule has 0 aliphatic carbocycles. The fourth-order valence-electron chi connectivity index (χ4n) is 2.17. The lowest BCUT2D eigenvalue weighted by Gasteiger charge is -2.22. The van der Waals surface area contributed by atoms with Gasteiger partial charge in [-0.05, 0) is 65.2 Å². The van der Waals surface area contributed by atoms with Crippen molar-refractivity contribution in [3.63, 3.8) is 0 Å². The molecule has 4 nitrogen and oxygen atoms in total. The van der Waals surface area contributed by atoms with Crippen molar-refractivity contribution in [2.75, 3.05) is 18.5 Å². The molecule has 0 fully saturated rings.